The first-order chi connectivity index (χ1) is 9.45. The lowest BCUT2D eigenvalue weighted by Gasteiger charge is -2.13. The maximum Gasteiger partial charge on any atom is 0.354 e. The average molecular weight is 292 g/mol. The van der Waals surface area contributed by atoms with E-state index in [0.29, 0.717) is 23.1 Å². The molecule has 1 aromatic carbocycles. The van der Waals surface area contributed by atoms with E-state index in [1.165, 1.54) is 6.07 Å². The van der Waals surface area contributed by atoms with Crippen molar-refractivity contribution < 1.29 is 9.90 Å². The molecule has 0 saturated carbocycles. The van der Waals surface area contributed by atoms with Crippen LogP contribution in [0.5, 0.6) is 0 Å². The Labute approximate surface area is 121 Å². The third kappa shape index (κ3) is 3.45. The van der Waals surface area contributed by atoms with E-state index in [9.17, 15) is 4.79 Å². The van der Waals surface area contributed by atoms with Gasteiger partial charge in [0.05, 0.1) is 0 Å². The maximum atomic E-state index is 11.1. The summed E-state index contributed by atoms with van der Waals surface area (Å²) in [7, 11) is 3.61. The number of halogens is 1. The van der Waals surface area contributed by atoms with Gasteiger partial charge in [0, 0.05) is 31.6 Å². The van der Waals surface area contributed by atoms with Gasteiger partial charge in [0.15, 0.2) is 5.69 Å². The first kappa shape index (κ1) is 14.3. The second kappa shape index (κ2) is 5.88. The van der Waals surface area contributed by atoms with Crippen LogP contribution < -0.4 is 4.90 Å². The Hall–Kier alpha value is -2.14. The molecular weight excluding hydrogens is 278 g/mol. The van der Waals surface area contributed by atoms with E-state index < -0.39 is 5.97 Å². The maximum absolute atomic E-state index is 11.1. The molecule has 0 fully saturated rings. The van der Waals surface area contributed by atoms with Crippen LogP contribution in [0.1, 0.15) is 21.9 Å². The number of carboxylic acids is 1. The SMILES string of the molecule is CN(C)c1cc(C(=O)O)nc(Cc2cccc(Cl)c2)n1. The van der Waals surface area contributed by atoms with Crippen molar-refractivity contribution in [3.63, 3.8) is 0 Å². The van der Waals surface area contributed by atoms with Crippen molar-refractivity contribution in [2.45, 2.75) is 6.42 Å². The summed E-state index contributed by atoms with van der Waals surface area (Å²) in [4.78, 5) is 21.3. The first-order valence-corrected chi connectivity index (χ1v) is 6.36. The quantitative estimate of drug-likeness (QED) is 0.937. The van der Waals surface area contributed by atoms with Crippen LogP contribution in [0.2, 0.25) is 5.02 Å². The van der Waals surface area contributed by atoms with Crippen molar-refractivity contribution in [1.29, 1.82) is 0 Å². The second-order valence-electron chi connectivity index (χ2n) is 4.53. The summed E-state index contributed by atoms with van der Waals surface area (Å²) < 4.78 is 0. The molecule has 1 heterocycles. The fourth-order valence-corrected chi connectivity index (χ4v) is 1.94. The summed E-state index contributed by atoms with van der Waals surface area (Å²) in [5.74, 6) is -0.0480. The van der Waals surface area contributed by atoms with Crippen molar-refractivity contribution in [2.24, 2.45) is 0 Å². The van der Waals surface area contributed by atoms with Gasteiger partial charge in [-0.2, -0.15) is 0 Å². The number of carboxylic acid groups (broad SMARTS) is 1. The van der Waals surface area contributed by atoms with E-state index in [-0.39, 0.29) is 5.69 Å². The monoisotopic (exact) mass is 291 g/mol. The minimum absolute atomic E-state index is 0.0132. The largest absolute Gasteiger partial charge is 0.477 e. The van der Waals surface area contributed by atoms with Gasteiger partial charge >= 0.3 is 5.97 Å². The van der Waals surface area contributed by atoms with E-state index >= 15 is 0 Å². The number of hydrogen-bond donors (Lipinski definition) is 1. The summed E-state index contributed by atoms with van der Waals surface area (Å²) in [6.45, 7) is 0. The zero-order valence-corrected chi connectivity index (χ0v) is 11.9. The van der Waals surface area contributed by atoms with Crippen molar-refractivity contribution in [3.05, 3.63) is 52.4 Å². The summed E-state index contributed by atoms with van der Waals surface area (Å²) in [5.41, 5.74) is 0.922. The van der Waals surface area contributed by atoms with Gasteiger partial charge in [-0.05, 0) is 17.7 Å². The number of rotatable bonds is 4. The molecule has 5 nitrogen and oxygen atoms in total. The Morgan fingerprint density at radius 2 is 2.05 bits per heavy atom. The van der Waals surface area contributed by atoms with Gasteiger partial charge in [-0.1, -0.05) is 23.7 Å². The van der Waals surface area contributed by atoms with Gasteiger partial charge in [0.25, 0.3) is 0 Å². The summed E-state index contributed by atoms with van der Waals surface area (Å²) >= 11 is 5.93. The number of aromatic nitrogens is 2. The number of benzene rings is 1. The molecule has 0 atom stereocenters. The lowest BCUT2D eigenvalue weighted by atomic mass is 10.1. The molecule has 0 radical (unpaired) electrons. The minimum atomic E-state index is -1.07. The fourth-order valence-electron chi connectivity index (χ4n) is 1.73. The molecule has 0 amide bonds. The fraction of sp³-hybridized carbons (Fsp3) is 0.214. The van der Waals surface area contributed by atoms with Gasteiger partial charge in [0.1, 0.15) is 11.6 Å². The summed E-state index contributed by atoms with van der Waals surface area (Å²) in [5, 5.41) is 9.73. The normalized spacial score (nSPS) is 10.3. The predicted molar refractivity (Wildman–Crippen MR) is 77.6 cm³/mol. The Kier molecular flexibility index (Phi) is 4.20. The van der Waals surface area contributed by atoms with E-state index in [1.54, 1.807) is 25.1 Å². The smallest absolute Gasteiger partial charge is 0.354 e. The number of hydrogen-bond acceptors (Lipinski definition) is 4. The number of carbonyl (C=O) groups is 1. The first-order valence-electron chi connectivity index (χ1n) is 5.98. The molecule has 0 saturated heterocycles. The lowest BCUT2D eigenvalue weighted by molar-refractivity contribution is 0.0690. The van der Waals surface area contributed by atoms with Crippen LogP contribution >= 0.6 is 11.6 Å². The molecule has 0 aliphatic rings. The van der Waals surface area contributed by atoms with E-state index in [1.807, 2.05) is 18.2 Å². The third-order valence-electron chi connectivity index (χ3n) is 2.69. The van der Waals surface area contributed by atoms with Crippen LogP contribution in [0.25, 0.3) is 0 Å². The highest BCUT2D eigenvalue weighted by Crippen LogP contribution is 2.16. The van der Waals surface area contributed by atoms with E-state index in [4.69, 9.17) is 16.7 Å². The third-order valence-corrected chi connectivity index (χ3v) is 2.92. The van der Waals surface area contributed by atoms with E-state index in [0.717, 1.165) is 5.56 Å². The number of aromatic carboxylic acids is 1. The molecule has 1 N–H and O–H groups in total. The summed E-state index contributed by atoms with van der Waals surface area (Å²) in [6, 6.07) is 8.78. The predicted octanol–water partition coefficient (Wildman–Crippen LogP) is 2.49. The van der Waals surface area contributed by atoms with Gasteiger partial charge < -0.3 is 10.0 Å². The molecule has 104 valence electrons. The highest BCUT2D eigenvalue weighted by molar-refractivity contribution is 6.30. The topological polar surface area (TPSA) is 66.3 Å². The van der Waals surface area contributed by atoms with Gasteiger partial charge in [-0.15, -0.1) is 0 Å². The van der Waals surface area contributed by atoms with Gasteiger partial charge in [-0.3, -0.25) is 0 Å². The lowest BCUT2D eigenvalue weighted by Crippen LogP contribution is -2.15. The van der Waals surface area contributed by atoms with Crippen LogP contribution in [0.15, 0.2) is 30.3 Å². The Bertz CT molecular complexity index is 644. The van der Waals surface area contributed by atoms with Crippen LogP contribution in [-0.2, 0) is 6.42 Å². The zero-order chi connectivity index (χ0) is 14.7. The van der Waals surface area contributed by atoms with Crippen LogP contribution in [0.3, 0.4) is 0 Å². The second-order valence-corrected chi connectivity index (χ2v) is 4.97. The highest BCUT2D eigenvalue weighted by Gasteiger charge is 2.12. The van der Waals surface area contributed by atoms with Gasteiger partial charge in [-0.25, -0.2) is 14.8 Å². The molecule has 20 heavy (non-hydrogen) atoms. The van der Waals surface area contributed by atoms with Gasteiger partial charge in [0.2, 0.25) is 0 Å². The molecular formula is C14H14ClN3O2. The molecule has 0 aliphatic heterocycles. The van der Waals surface area contributed by atoms with Crippen molar-refractivity contribution in [2.75, 3.05) is 19.0 Å². The molecule has 6 heteroatoms. The standard InChI is InChI=1S/C14H14ClN3O2/c1-18(2)13-8-11(14(19)20)16-12(17-13)7-9-4-3-5-10(15)6-9/h3-6,8H,7H2,1-2H3,(H,19,20). The molecule has 0 bridgehead atoms. The van der Waals surface area contributed by atoms with Crippen LogP contribution in [0, 0.1) is 0 Å². The molecule has 0 aliphatic carbocycles. The Balaban J connectivity index is 2.38. The Morgan fingerprint density at radius 1 is 1.30 bits per heavy atom. The molecule has 2 rings (SSSR count). The molecule has 0 unspecified atom stereocenters. The average Bonchev–Trinajstić information content (AvgIpc) is 2.38. The number of anilines is 1. The minimum Gasteiger partial charge on any atom is -0.477 e. The summed E-state index contributed by atoms with van der Waals surface area (Å²) in [6.07, 6.45) is 0.433. The van der Waals surface area contributed by atoms with E-state index in [2.05, 4.69) is 9.97 Å². The van der Waals surface area contributed by atoms with Crippen molar-refractivity contribution in [1.82, 2.24) is 9.97 Å². The highest BCUT2D eigenvalue weighted by atomic mass is 35.5. The Morgan fingerprint density at radius 3 is 2.65 bits per heavy atom. The van der Waals surface area contributed by atoms with Crippen LogP contribution in [0.4, 0.5) is 5.82 Å². The van der Waals surface area contributed by atoms with Crippen molar-refractivity contribution >= 4 is 23.4 Å². The molecule has 1 aromatic heterocycles. The van der Waals surface area contributed by atoms with Crippen molar-refractivity contribution in [3.8, 4) is 0 Å². The number of nitrogens with zero attached hydrogens (tertiary/aromatic N) is 3. The molecule has 2 aromatic rings. The zero-order valence-electron chi connectivity index (χ0n) is 11.2. The molecule has 0 spiro atoms. The van der Waals surface area contributed by atoms with Crippen LogP contribution in [-0.4, -0.2) is 35.1 Å².